The Morgan fingerprint density at radius 3 is 2.05 bits per heavy atom. The molecule has 0 radical (unpaired) electrons. The molecule has 0 unspecified atom stereocenters. The molecule has 0 amide bonds. The molecule has 4 nitrogen and oxygen atoms in total. The predicted molar refractivity (Wildman–Crippen MR) is 86.4 cm³/mol. The van der Waals surface area contributed by atoms with Gasteiger partial charge in [0, 0.05) is 12.1 Å². The summed E-state index contributed by atoms with van der Waals surface area (Å²) >= 11 is 0. The fourth-order valence-corrected chi connectivity index (χ4v) is 1.74. The van der Waals surface area contributed by atoms with Crippen molar-refractivity contribution in [1.29, 1.82) is 0 Å². The van der Waals surface area contributed by atoms with E-state index in [4.69, 9.17) is 14.2 Å². The van der Waals surface area contributed by atoms with Crippen LogP contribution in [-0.2, 0) is 6.54 Å². The van der Waals surface area contributed by atoms with Crippen LogP contribution in [0.25, 0.3) is 0 Å². The minimum absolute atomic E-state index is 0.0512. The second-order valence-electron chi connectivity index (χ2n) is 6.18. The van der Waals surface area contributed by atoms with E-state index < -0.39 is 0 Å². The average molecular weight is 293 g/mol. The smallest absolute Gasteiger partial charge is 0.203 e. The summed E-state index contributed by atoms with van der Waals surface area (Å²) in [5.74, 6) is 1.95. The molecule has 1 aromatic carbocycles. The van der Waals surface area contributed by atoms with E-state index in [1.165, 1.54) is 0 Å². The highest BCUT2D eigenvalue weighted by atomic mass is 16.5. The van der Waals surface area contributed by atoms with Crippen molar-refractivity contribution >= 4 is 0 Å². The topological polar surface area (TPSA) is 39.7 Å². The van der Waals surface area contributed by atoms with Gasteiger partial charge < -0.3 is 19.5 Å². The van der Waals surface area contributed by atoms with E-state index in [0.29, 0.717) is 23.9 Å². The predicted octanol–water partition coefficient (Wildman–Crippen LogP) is 3.55. The maximum Gasteiger partial charge on any atom is 0.203 e. The first-order valence-corrected chi connectivity index (χ1v) is 7.04. The quantitative estimate of drug-likeness (QED) is 0.780. The van der Waals surface area contributed by atoms with Crippen LogP contribution in [0.3, 0.4) is 0 Å². The first-order chi connectivity index (χ1) is 9.76. The van der Waals surface area contributed by atoms with Crippen molar-refractivity contribution in [2.75, 3.05) is 20.8 Å². The summed E-state index contributed by atoms with van der Waals surface area (Å²) < 4.78 is 16.6. The number of ether oxygens (including phenoxy) is 3. The molecule has 0 aliphatic carbocycles. The minimum Gasteiger partial charge on any atom is -0.493 e. The highest BCUT2D eigenvalue weighted by molar-refractivity contribution is 5.54. The fraction of sp³-hybridized carbons (Fsp3) is 0.529. The second-order valence-corrected chi connectivity index (χ2v) is 6.18. The zero-order chi connectivity index (χ0) is 16.0. The number of hydrogen-bond donors (Lipinski definition) is 1. The lowest BCUT2D eigenvalue weighted by atomic mass is 10.1. The lowest BCUT2D eigenvalue weighted by molar-refractivity contribution is 0.294. The van der Waals surface area contributed by atoms with Gasteiger partial charge in [0.05, 0.1) is 14.2 Å². The number of nitrogens with one attached hydrogen (secondary N) is 1. The van der Waals surface area contributed by atoms with Crippen molar-refractivity contribution in [2.45, 2.75) is 39.8 Å². The Labute approximate surface area is 128 Å². The Morgan fingerprint density at radius 1 is 1.14 bits per heavy atom. The standard InChI is InChI=1S/C17H27NO3/c1-12(2)11-21-16-14(19-6)8-13(9-15(16)20-7)10-18-17(3,4)5/h8-9,18H,1,10-11H2,2-7H3. The Balaban J connectivity index is 3.02. The van der Waals surface area contributed by atoms with Crippen LogP contribution >= 0.6 is 0 Å². The Kier molecular flexibility index (Phi) is 6.09. The molecule has 0 aliphatic rings. The first-order valence-electron chi connectivity index (χ1n) is 7.04. The molecule has 0 spiro atoms. The van der Waals surface area contributed by atoms with Crippen molar-refractivity contribution in [3.63, 3.8) is 0 Å². The summed E-state index contributed by atoms with van der Waals surface area (Å²) in [6.07, 6.45) is 0. The maximum absolute atomic E-state index is 5.74. The van der Waals surface area contributed by atoms with Gasteiger partial charge in [-0.3, -0.25) is 0 Å². The van der Waals surface area contributed by atoms with E-state index in [9.17, 15) is 0 Å². The Bertz CT molecular complexity index is 464. The molecule has 1 aromatic rings. The average Bonchev–Trinajstić information content (AvgIpc) is 2.41. The molecule has 0 bridgehead atoms. The maximum atomic E-state index is 5.74. The van der Waals surface area contributed by atoms with Crippen LogP contribution < -0.4 is 19.5 Å². The van der Waals surface area contributed by atoms with Crippen LogP contribution in [-0.4, -0.2) is 26.4 Å². The highest BCUT2D eigenvalue weighted by Gasteiger charge is 2.16. The molecule has 0 heterocycles. The monoisotopic (exact) mass is 293 g/mol. The molecule has 0 saturated carbocycles. The van der Waals surface area contributed by atoms with E-state index in [1.54, 1.807) is 14.2 Å². The number of rotatable bonds is 7. The normalized spacial score (nSPS) is 11.1. The second kappa shape index (κ2) is 7.36. The third-order valence-electron chi connectivity index (χ3n) is 2.81. The summed E-state index contributed by atoms with van der Waals surface area (Å²) in [6, 6.07) is 3.93. The van der Waals surface area contributed by atoms with Gasteiger partial charge in [0.2, 0.25) is 5.75 Å². The lowest BCUT2D eigenvalue weighted by Gasteiger charge is -2.22. The van der Waals surface area contributed by atoms with Crippen molar-refractivity contribution in [1.82, 2.24) is 5.32 Å². The lowest BCUT2D eigenvalue weighted by Crippen LogP contribution is -2.35. The summed E-state index contributed by atoms with van der Waals surface area (Å²) in [6.45, 7) is 13.3. The molecular weight excluding hydrogens is 266 g/mol. The van der Waals surface area contributed by atoms with Gasteiger partial charge in [0.25, 0.3) is 0 Å². The highest BCUT2D eigenvalue weighted by Crippen LogP contribution is 2.38. The van der Waals surface area contributed by atoms with Crippen LogP contribution in [0.15, 0.2) is 24.3 Å². The minimum atomic E-state index is 0.0512. The number of methoxy groups -OCH3 is 2. The number of benzene rings is 1. The van der Waals surface area contributed by atoms with Gasteiger partial charge in [-0.15, -0.1) is 0 Å². The first kappa shape index (κ1) is 17.4. The van der Waals surface area contributed by atoms with Crippen molar-refractivity contribution in [2.24, 2.45) is 0 Å². The SMILES string of the molecule is C=C(C)COc1c(OC)cc(CNC(C)(C)C)cc1OC. The molecule has 0 fully saturated rings. The molecule has 0 atom stereocenters. The van der Waals surface area contributed by atoms with Crippen LogP contribution in [0.1, 0.15) is 33.3 Å². The summed E-state index contributed by atoms with van der Waals surface area (Å²) in [5, 5.41) is 3.44. The van der Waals surface area contributed by atoms with E-state index in [1.807, 2.05) is 19.1 Å². The van der Waals surface area contributed by atoms with Crippen LogP contribution in [0.2, 0.25) is 0 Å². The van der Waals surface area contributed by atoms with E-state index in [0.717, 1.165) is 17.7 Å². The summed E-state index contributed by atoms with van der Waals surface area (Å²) in [5.41, 5.74) is 2.08. The van der Waals surface area contributed by atoms with E-state index in [2.05, 4.69) is 32.7 Å². The molecule has 4 heteroatoms. The van der Waals surface area contributed by atoms with Crippen molar-refractivity contribution in [3.05, 3.63) is 29.8 Å². The third-order valence-corrected chi connectivity index (χ3v) is 2.81. The largest absolute Gasteiger partial charge is 0.493 e. The van der Waals surface area contributed by atoms with E-state index in [-0.39, 0.29) is 5.54 Å². The van der Waals surface area contributed by atoms with Crippen molar-refractivity contribution < 1.29 is 14.2 Å². The summed E-state index contributed by atoms with van der Waals surface area (Å²) in [7, 11) is 3.26. The molecule has 1 rings (SSSR count). The molecular formula is C17H27NO3. The van der Waals surface area contributed by atoms with Gasteiger partial charge >= 0.3 is 0 Å². The molecule has 0 saturated heterocycles. The Morgan fingerprint density at radius 2 is 1.67 bits per heavy atom. The van der Waals surface area contributed by atoms with Gasteiger partial charge in [0.1, 0.15) is 6.61 Å². The van der Waals surface area contributed by atoms with Crippen LogP contribution in [0.4, 0.5) is 0 Å². The number of hydrogen-bond acceptors (Lipinski definition) is 4. The fourth-order valence-electron chi connectivity index (χ4n) is 1.74. The molecule has 0 aromatic heterocycles. The zero-order valence-electron chi connectivity index (χ0n) is 14.0. The Hall–Kier alpha value is -1.68. The van der Waals surface area contributed by atoms with Gasteiger partial charge in [0.15, 0.2) is 11.5 Å². The van der Waals surface area contributed by atoms with Gasteiger partial charge in [-0.05, 0) is 51.0 Å². The summed E-state index contributed by atoms with van der Waals surface area (Å²) in [4.78, 5) is 0. The van der Waals surface area contributed by atoms with E-state index >= 15 is 0 Å². The van der Waals surface area contributed by atoms with Crippen LogP contribution in [0.5, 0.6) is 17.2 Å². The third kappa shape index (κ3) is 5.68. The molecule has 1 N–H and O–H groups in total. The van der Waals surface area contributed by atoms with Crippen LogP contribution in [0, 0.1) is 0 Å². The van der Waals surface area contributed by atoms with Crippen molar-refractivity contribution in [3.8, 4) is 17.2 Å². The molecule has 0 aliphatic heterocycles. The zero-order valence-corrected chi connectivity index (χ0v) is 14.0. The van der Waals surface area contributed by atoms with Gasteiger partial charge in [-0.25, -0.2) is 0 Å². The molecule has 118 valence electrons. The van der Waals surface area contributed by atoms with Gasteiger partial charge in [-0.1, -0.05) is 6.58 Å². The molecule has 21 heavy (non-hydrogen) atoms. The van der Waals surface area contributed by atoms with Gasteiger partial charge in [-0.2, -0.15) is 0 Å².